The van der Waals surface area contributed by atoms with Gasteiger partial charge in [-0.05, 0) is 37.1 Å². The first-order valence-electron chi connectivity index (χ1n) is 4.61. The number of fused-ring (bicyclic) bond motifs is 2. The van der Waals surface area contributed by atoms with E-state index in [0.717, 1.165) is 17.4 Å². The minimum Gasteiger partial charge on any atom is -0.107 e. The Morgan fingerprint density at radius 2 is 2.08 bits per heavy atom. The van der Waals surface area contributed by atoms with E-state index in [-0.39, 0.29) is 13.5 Å². The van der Waals surface area contributed by atoms with Gasteiger partial charge in [-0.25, -0.2) is 0 Å². The molecule has 0 amide bonds. The molecule has 0 radical (unpaired) electrons. The van der Waals surface area contributed by atoms with E-state index in [1.165, 1.54) is 12.8 Å². The molecule has 0 nitrogen and oxygen atoms in total. The summed E-state index contributed by atoms with van der Waals surface area (Å²) in [4.78, 5) is 0. The third kappa shape index (κ3) is 1.89. The van der Waals surface area contributed by atoms with Gasteiger partial charge in [0.1, 0.15) is 0 Å². The average Bonchev–Trinajstić information content (AvgIpc) is 2.42. The van der Waals surface area contributed by atoms with Crippen LogP contribution in [0.25, 0.3) is 0 Å². The Morgan fingerprint density at radius 3 is 2.50 bits per heavy atom. The van der Waals surface area contributed by atoms with Crippen molar-refractivity contribution in [3.63, 3.8) is 0 Å². The lowest BCUT2D eigenvalue weighted by atomic mass is 10.1. The number of allylic oxidation sites excluding steroid dienone is 2. The van der Waals surface area contributed by atoms with Crippen molar-refractivity contribution in [1.82, 2.24) is 0 Å². The molecular formula is C9H14Cl2Si. The summed E-state index contributed by atoms with van der Waals surface area (Å²) in [6, 6.07) is 0. The van der Waals surface area contributed by atoms with Crippen LogP contribution in [0.2, 0.25) is 5.54 Å². The van der Waals surface area contributed by atoms with Crippen molar-refractivity contribution in [3.8, 4) is 0 Å². The van der Waals surface area contributed by atoms with Gasteiger partial charge in [0.2, 0.25) is 0 Å². The van der Waals surface area contributed by atoms with Crippen LogP contribution in [-0.4, -0.2) is 13.5 Å². The molecule has 0 heterocycles. The Kier molecular flexibility index (Phi) is 2.30. The zero-order valence-electron chi connectivity index (χ0n) is 7.26. The van der Waals surface area contributed by atoms with Crippen LogP contribution in [0.3, 0.4) is 0 Å². The minimum atomic E-state index is -0.386. The summed E-state index contributed by atoms with van der Waals surface area (Å²) in [5, 5.41) is 0. The molecule has 0 spiro atoms. The zero-order chi connectivity index (χ0) is 8.77. The second kappa shape index (κ2) is 3.04. The maximum Gasteiger partial charge on any atom is 0.0982 e. The predicted molar refractivity (Wildman–Crippen MR) is 57.8 cm³/mol. The highest BCUT2D eigenvalue weighted by molar-refractivity contribution is 6.73. The first kappa shape index (κ1) is 9.11. The van der Waals surface area contributed by atoms with Crippen molar-refractivity contribution in [1.29, 1.82) is 0 Å². The lowest BCUT2D eigenvalue weighted by molar-refractivity contribution is 0.685. The van der Waals surface area contributed by atoms with Gasteiger partial charge in [0.15, 0.2) is 0 Å². The third-order valence-corrected chi connectivity index (χ3v) is 6.14. The molecule has 12 heavy (non-hydrogen) atoms. The molecule has 3 heteroatoms. The van der Waals surface area contributed by atoms with E-state index in [1.807, 2.05) is 6.92 Å². The van der Waals surface area contributed by atoms with Gasteiger partial charge < -0.3 is 0 Å². The van der Waals surface area contributed by atoms with Gasteiger partial charge in [-0.1, -0.05) is 12.2 Å². The Morgan fingerprint density at radius 1 is 1.33 bits per heavy atom. The first-order chi connectivity index (χ1) is 5.54. The van der Waals surface area contributed by atoms with Crippen molar-refractivity contribution >= 4 is 32.7 Å². The van der Waals surface area contributed by atoms with E-state index in [2.05, 4.69) is 12.2 Å². The number of alkyl halides is 2. The van der Waals surface area contributed by atoms with Gasteiger partial charge in [-0.3, -0.25) is 0 Å². The van der Waals surface area contributed by atoms with Crippen LogP contribution in [0.5, 0.6) is 0 Å². The summed E-state index contributed by atoms with van der Waals surface area (Å²) in [7, 11) is -0.322. The van der Waals surface area contributed by atoms with Crippen molar-refractivity contribution in [2.75, 3.05) is 0 Å². The molecule has 0 aromatic heterocycles. The number of rotatable bonds is 2. The van der Waals surface area contributed by atoms with E-state index >= 15 is 0 Å². The van der Waals surface area contributed by atoms with E-state index in [0.29, 0.717) is 0 Å². The fourth-order valence-electron chi connectivity index (χ4n) is 2.59. The predicted octanol–water partition coefficient (Wildman–Crippen LogP) is 2.69. The van der Waals surface area contributed by atoms with Crippen molar-refractivity contribution in [2.45, 2.75) is 29.3 Å². The van der Waals surface area contributed by atoms with Crippen LogP contribution >= 0.6 is 23.2 Å². The topological polar surface area (TPSA) is 0 Å². The summed E-state index contributed by atoms with van der Waals surface area (Å²) in [6.07, 6.45) is 7.49. The Bertz CT molecular complexity index is 207. The van der Waals surface area contributed by atoms with Gasteiger partial charge in [-0.2, -0.15) is 0 Å². The summed E-state index contributed by atoms with van der Waals surface area (Å²) in [6.45, 7) is 1.96. The molecule has 2 aliphatic rings. The lowest BCUT2D eigenvalue weighted by Crippen LogP contribution is -2.24. The average molecular weight is 221 g/mol. The monoisotopic (exact) mass is 220 g/mol. The van der Waals surface area contributed by atoms with Crippen LogP contribution in [-0.2, 0) is 0 Å². The molecule has 0 saturated heterocycles. The summed E-state index contributed by atoms with van der Waals surface area (Å²) in [5.41, 5.74) is 0.875. The van der Waals surface area contributed by atoms with E-state index in [9.17, 15) is 0 Å². The van der Waals surface area contributed by atoms with Gasteiger partial charge >= 0.3 is 0 Å². The largest absolute Gasteiger partial charge is 0.107 e. The Hall–Kier alpha value is 0.537. The summed E-state index contributed by atoms with van der Waals surface area (Å²) >= 11 is 12.1. The van der Waals surface area contributed by atoms with Crippen molar-refractivity contribution < 1.29 is 0 Å². The molecule has 68 valence electrons. The second-order valence-corrected chi connectivity index (χ2v) is 9.94. The van der Waals surface area contributed by atoms with E-state index in [4.69, 9.17) is 23.2 Å². The molecule has 2 rings (SSSR count). The van der Waals surface area contributed by atoms with Crippen LogP contribution in [0.1, 0.15) is 19.8 Å². The molecule has 2 aliphatic carbocycles. The quantitative estimate of drug-likeness (QED) is 0.382. The first-order valence-corrected chi connectivity index (χ1v) is 6.89. The van der Waals surface area contributed by atoms with Crippen LogP contribution in [0.15, 0.2) is 12.2 Å². The normalized spacial score (nSPS) is 40.4. The summed E-state index contributed by atoms with van der Waals surface area (Å²) in [5.74, 6) is 1.70. The molecule has 0 aromatic rings. The highest BCUT2D eigenvalue weighted by Crippen LogP contribution is 2.48. The molecule has 0 aromatic carbocycles. The molecule has 2 bridgehead atoms. The maximum atomic E-state index is 6.05. The van der Waals surface area contributed by atoms with Gasteiger partial charge in [0.05, 0.1) is 13.5 Å². The van der Waals surface area contributed by atoms with Crippen molar-refractivity contribution in [2.24, 2.45) is 11.8 Å². The zero-order valence-corrected chi connectivity index (χ0v) is 10.2. The SMILES string of the molecule is CC(Cl)(Cl)[SiH2]C1CC2C=CC1C2. The van der Waals surface area contributed by atoms with E-state index in [1.54, 1.807) is 0 Å². The fourth-order valence-corrected chi connectivity index (χ4v) is 5.95. The highest BCUT2D eigenvalue weighted by Gasteiger charge is 2.38. The minimum absolute atomic E-state index is 0.322. The highest BCUT2D eigenvalue weighted by atomic mass is 35.5. The number of hydrogen-bond acceptors (Lipinski definition) is 0. The smallest absolute Gasteiger partial charge is 0.0982 e. The molecule has 3 atom stereocenters. The summed E-state index contributed by atoms with van der Waals surface area (Å²) < 4.78 is -0.386. The van der Waals surface area contributed by atoms with Gasteiger partial charge in [-0.15, -0.1) is 23.2 Å². The number of halogens is 2. The van der Waals surface area contributed by atoms with Crippen LogP contribution < -0.4 is 0 Å². The van der Waals surface area contributed by atoms with Gasteiger partial charge in [0.25, 0.3) is 0 Å². The number of hydrogen-bond donors (Lipinski definition) is 0. The maximum absolute atomic E-state index is 6.05. The second-order valence-electron chi connectivity index (χ2n) is 4.31. The lowest BCUT2D eigenvalue weighted by Gasteiger charge is -2.22. The molecule has 0 N–H and O–H groups in total. The van der Waals surface area contributed by atoms with Gasteiger partial charge in [0, 0.05) is 0 Å². The molecule has 3 unspecified atom stereocenters. The molecular weight excluding hydrogens is 207 g/mol. The Labute approximate surface area is 86.1 Å². The molecule has 0 aliphatic heterocycles. The standard InChI is InChI=1S/C9H14Cl2Si/c1-9(10,11)12-8-5-6-2-3-7(8)4-6/h2-3,6-8H,4-5,12H2,1H3. The third-order valence-electron chi connectivity index (χ3n) is 3.04. The van der Waals surface area contributed by atoms with Crippen molar-refractivity contribution in [3.05, 3.63) is 12.2 Å². The fraction of sp³-hybridized carbons (Fsp3) is 0.778. The van der Waals surface area contributed by atoms with Crippen LogP contribution in [0, 0.1) is 11.8 Å². The molecule has 1 fully saturated rings. The van der Waals surface area contributed by atoms with E-state index < -0.39 is 0 Å². The van der Waals surface area contributed by atoms with Crippen LogP contribution in [0.4, 0.5) is 0 Å². The molecule has 1 saturated carbocycles. The Balaban J connectivity index is 1.96.